The molecule has 164 valence electrons. The van der Waals surface area contributed by atoms with Gasteiger partial charge in [-0.05, 0) is 43.0 Å². The van der Waals surface area contributed by atoms with E-state index in [4.69, 9.17) is 4.74 Å². The fraction of sp³-hybridized carbons (Fsp3) is 0.208. The average molecular weight is 466 g/mol. The fourth-order valence-electron chi connectivity index (χ4n) is 3.31. The molecule has 1 aromatic carbocycles. The van der Waals surface area contributed by atoms with Gasteiger partial charge in [-0.15, -0.1) is 11.3 Å². The predicted octanol–water partition coefficient (Wildman–Crippen LogP) is 4.85. The van der Waals surface area contributed by atoms with Crippen molar-refractivity contribution >= 4 is 40.7 Å². The Morgan fingerprint density at radius 3 is 2.81 bits per heavy atom. The third kappa shape index (κ3) is 5.49. The number of nitriles is 1. The Kier molecular flexibility index (Phi) is 7.92. The number of anilines is 1. The van der Waals surface area contributed by atoms with Gasteiger partial charge >= 0.3 is 5.97 Å². The number of carbonyl (C=O) groups is 2. The zero-order chi connectivity index (χ0) is 23.1. The molecule has 1 unspecified atom stereocenters. The summed E-state index contributed by atoms with van der Waals surface area (Å²) in [4.78, 5) is 26.1. The molecule has 0 spiro atoms. The first-order valence-corrected chi connectivity index (χ1v) is 11.7. The second-order valence-corrected chi connectivity index (χ2v) is 9.03. The first-order valence-electron chi connectivity index (χ1n) is 9.87. The first-order chi connectivity index (χ1) is 15.4. The minimum absolute atomic E-state index is 0.0825. The summed E-state index contributed by atoms with van der Waals surface area (Å²) in [6.07, 6.45) is 1.50. The van der Waals surface area contributed by atoms with Crippen molar-refractivity contribution in [2.45, 2.75) is 19.8 Å². The molecule has 1 aromatic heterocycles. The van der Waals surface area contributed by atoms with E-state index in [1.165, 1.54) is 29.2 Å². The van der Waals surface area contributed by atoms with Gasteiger partial charge < -0.3 is 15.4 Å². The van der Waals surface area contributed by atoms with Crippen LogP contribution < -0.4 is 10.6 Å². The average Bonchev–Trinajstić information content (AvgIpc) is 3.30. The molecule has 0 saturated carbocycles. The van der Waals surface area contributed by atoms with Gasteiger partial charge in [-0.1, -0.05) is 42.6 Å². The Morgan fingerprint density at radius 2 is 2.16 bits per heavy atom. The van der Waals surface area contributed by atoms with Crippen LogP contribution >= 0.6 is 23.1 Å². The van der Waals surface area contributed by atoms with Crippen molar-refractivity contribution in [3.05, 3.63) is 86.7 Å². The number of nitrogens with one attached hydrogen (secondary N) is 2. The Labute approximate surface area is 195 Å². The highest BCUT2D eigenvalue weighted by Gasteiger charge is 2.36. The second-order valence-electron chi connectivity index (χ2n) is 7.06. The predicted molar refractivity (Wildman–Crippen MR) is 129 cm³/mol. The van der Waals surface area contributed by atoms with Gasteiger partial charge in [0.25, 0.3) is 0 Å². The van der Waals surface area contributed by atoms with Crippen molar-refractivity contribution in [3.8, 4) is 6.07 Å². The summed E-state index contributed by atoms with van der Waals surface area (Å²) in [5.41, 5.74) is 3.14. The molecule has 0 bridgehead atoms. The minimum atomic E-state index is -0.555. The number of thioether (sulfide) groups is 1. The number of hydrogen-bond acceptors (Lipinski definition) is 7. The van der Waals surface area contributed by atoms with Gasteiger partial charge in [0.2, 0.25) is 5.91 Å². The molecule has 0 saturated heterocycles. The number of ether oxygens (including phenoxy) is 1. The number of allylic oxidation sites excluding steroid dienone is 2. The van der Waals surface area contributed by atoms with E-state index in [2.05, 4.69) is 23.3 Å². The van der Waals surface area contributed by atoms with Crippen molar-refractivity contribution in [3.63, 3.8) is 0 Å². The maximum Gasteiger partial charge on any atom is 0.337 e. The summed E-state index contributed by atoms with van der Waals surface area (Å²) < 4.78 is 5.28. The van der Waals surface area contributed by atoms with E-state index in [1.54, 1.807) is 6.92 Å². The summed E-state index contributed by atoms with van der Waals surface area (Å²) in [6.45, 7) is 7.38. The molecule has 6 nitrogen and oxygen atoms in total. The number of nitrogens with zero attached hydrogens (tertiary/aromatic N) is 1. The Bertz CT molecular complexity index is 1130. The lowest BCUT2D eigenvalue weighted by atomic mass is 9.87. The highest BCUT2D eigenvalue weighted by Crippen LogP contribution is 2.42. The summed E-state index contributed by atoms with van der Waals surface area (Å²) in [7, 11) is 0. The summed E-state index contributed by atoms with van der Waals surface area (Å²) in [6, 6.07) is 13.6. The van der Waals surface area contributed by atoms with Crippen LogP contribution in [-0.4, -0.2) is 24.2 Å². The van der Waals surface area contributed by atoms with Crippen LogP contribution in [0.4, 0.5) is 5.69 Å². The van der Waals surface area contributed by atoms with E-state index in [9.17, 15) is 14.9 Å². The zero-order valence-electron chi connectivity index (χ0n) is 17.8. The number of aryl methyl sites for hydroxylation is 1. The highest BCUT2D eigenvalue weighted by molar-refractivity contribution is 8.03. The third-order valence-electron chi connectivity index (χ3n) is 4.68. The minimum Gasteiger partial charge on any atom is -0.458 e. The highest BCUT2D eigenvalue weighted by atomic mass is 32.2. The van der Waals surface area contributed by atoms with Gasteiger partial charge in [0.05, 0.1) is 33.9 Å². The van der Waals surface area contributed by atoms with Crippen molar-refractivity contribution in [2.75, 3.05) is 17.7 Å². The van der Waals surface area contributed by atoms with Crippen LogP contribution in [0.1, 0.15) is 23.3 Å². The molecule has 1 amide bonds. The van der Waals surface area contributed by atoms with E-state index < -0.39 is 11.9 Å². The fourth-order valence-corrected chi connectivity index (χ4v) is 5.04. The van der Waals surface area contributed by atoms with Crippen molar-refractivity contribution in [1.29, 1.82) is 5.26 Å². The molecule has 2 N–H and O–H groups in total. The van der Waals surface area contributed by atoms with Crippen LogP contribution in [0.5, 0.6) is 0 Å². The third-order valence-corrected chi connectivity index (χ3v) is 6.63. The van der Waals surface area contributed by atoms with Gasteiger partial charge in [0, 0.05) is 16.3 Å². The lowest BCUT2D eigenvalue weighted by Crippen LogP contribution is -2.29. The molecule has 2 heterocycles. The smallest absolute Gasteiger partial charge is 0.337 e. The van der Waals surface area contributed by atoms with Gasteiger partial charge in [0.1, 0.15) is 6.61 Å². The SMILES string of the molecule is C=CCOC(=O)C1=C(C)NC(SCC(=O)Nc2cccc(C)c2)=C(C#N)C1c1cccs1. The number of thiophene rings is 1. The van der Waals surface area contributed by atoms with E-state index in [1.807, 2.05) is 48.7 Å². The van der Waals surface area contributed by atoms with Crippen LogP contribution in [0.15, 0.2) is 76.3 Å². The van der Waals surface area contributed by atoms with E-state index in [0.29, 0.717) is 21.9 Å². The van der Waals surface area contributed by atoms with E-state index >= 15 is 0 Å². The molecule has 1 aliphatic heterocycles. The zero-order valence-corrected chi connectivity index (χ0v) is 19.4. The monoisotopic (exact) mass is 465 g/mol. The topological polar surface area (TPSA) is 91.2 Å². The van der Waals surface area contributed by atoms with Gasteiger partial charge in [-0.3, -0.25) is 4.79 Å². The number of benzene rings is 1. The maximum absolute atomic E-state index is 12.8. The van der Waals surface area contributed by atoms with Crippen molar-refractivity contribution < 1.29 is 14.3 Å². The van der Waals surface area contributed by atoms with Gasteiger partial charge in [0.15, 0.2) is 0 Å². The Morgan fingerprint density at radius 1 is 1.34 bits per heavy atom. The van der Waals surface area contributed by atoms with Gasteiger partial charge in [-0.2, -0.15) is 5.26 Å². The van der Waals surface area contributed by atoms with Crippen LogP contribution in [0.2, 0.25) is 0 Å². The normalized spacial score (nSPS) is 15.6. The molecular weight excluding hydrogens is 442 g/mol. The van der Waals surface area contributed by atoms with Crippen LogP contribution in [0, 0.1) is 18.3 Å². The van der Waals surface area contributed by atoms with Crippen molar-refractivity contribution in [1.82, 2.24) is 5.32 Å². The molecule has 0 fully saturated rings. The van der Waals surface area contributed by atoms with E-state index in [-0.39, 0.29) is 18.3 Å². The number of hydrogen-bond donors (Lipinski definition) is 2. The lowest BCUT2D eigenvalue weighted by Gasteiger charge is -2.28. The van der Waals surface area contributed by atoms with Crippen LogP contribution in [-0.2, 0) is 14.3 Å². The maximum atomic E-state index is 12.8. The quantitative estimate of drug-likeness (QED) is 0.428. The molecule has 0 aliphatic carbocycles. The standard InChI is InChI=1S/C24H23N3O3S2/c1-4-10-30-24(29)21-16(3)26-23(18(13-25)22(21)19-9-6-11-31-19)32-14-20(28)27-17-8-5-7-15(2)12-17/h4-9,11-12,22,26H,1,10,14H2,2-3H3,(H,27,28). The lowest BCUT2D eigenvalue weighted by molar-refractivity contribution is -0.138. The largest absolute Gasteiger partial charge is 0.458 e. The molecule has 1 atom stereocenters. The molecule has 2 aromatic rings. The molecule has 0 radical (unpaired) electrons. The summed E-state index contributed by atoms with van der Waals surface area (Å²) >= 11 is 2.70. The first kappa shape index (κ1) is 23.4. The Balaban J connectivity index is 1.84. The van der Waals surface area contributed by atoms with E-state index in [0.717, 1.165) is 16.1 Å². The molecular formula is C24H23N3O3S2. The number of carbonyl (C=O) groups excluding carboxylic acids is 2. The van der Waals surface area contributed by atoms with Crippen LogP contribution in [0.25, 0.3) is 0 Å². The summed E-state index contributed by atoms with van der Waals surface area (Å²) in [5.74, 6) is -1.12. The number of rotatable bonds is 8. The Hall–Kier alpha value is -3.28. The van der Waals surface area contributed by atoms with Gasteiger partial charge in [-0.25, -0.2) is 4.79 Å². The van der Waals surface area contributed by atoms with Crippen molar-refractivity contribution in [2.24, 2.45) is 0 Å². The second kappa shape index (κ2) is 10.8. The number of esters is 1. The number of amides is 1. The van der Waals surface area contributed by atoms with Crippen LogP contribution in [0.3, 0.4) is 0 Å². The summed E-state index contributed by atoms with van der Waals surface area (Å²) in [5, 5.41) is 18.4. The molecule has 3 rings (SSSR count). The molecule has 1 aliphatic rings. The molecule has 32 heavy (non-hydrogen) atoms. The molecule has 8 heteroatoms. The number of dihydropyridines is 1.